The lowest BCUT2D eigenvalue weighted by atomic mass is 9.98. The fourth-order valence-electron chi connectivity index (χ4n) is 2.53. The summed E-state index contributed by atoms with van der Waals surface area (Å²) >= 11 is 0. The van der Waals surface area contributed by atoms with E-state index in [9.17, 15) is 5.11 Å². The van der Waals surface area contributed by atoms with Crippen LogP contribution >= 0.6 is 0 Å². The number of hydrogen-bond donors (Lipinski definition) is 1. The van der Waals surface area contributed by atoms with Crippen LogP contribution in [0.25, 0.3) is 10.8 Å². The molecule has 1 aromatic heterocycles. The summed E-state index contributed by atoms with van der Waals surface area (Å²) in [5.74, 6) is 0. The Morgan fingerprint density at radius 1 is 1.11 bits per heavy atom. The first-order valence-corrected chi connectivity index (χ1v) is 6.33. The second kappa shape index (κ2) is 4.52. The maximum atomic E-state index is 10.6. The summed E-state index contributed by atoms with van der Waals surface area (Å²) in [6.07, 6.45) is -0.655. The minimum Gasteiger partial charge on any atom is -0.382 e. The first-order valence-electron chi connectivity index (χ1n) is 6.33. The minimum absolute atomic E-state index is 0.655. The van der Waals surface area contributed by atoms with Crippen LogP contribution in [-0.4, -0.2) is 14.9 Å². The van der Waals surface area contributed by atoms with Crippen LogP contribution in [0.2, 0.25) is 0 Å². The second-order valence-electron chi connectivity index (χ2n) is 4.81. The van der Waals surface area contributed by atoms with E-state index in [0.29, 0.717) is 0 Å². The molecule has 0 spiro atoms. The number of aryl methyl sites for hydroxylation is 2. The van der Waals surface area contributed by atoms with Crippen molar-refractivity contribution in [1.29, 1.82) is 0 Å². The highest BCUT2D eigenvalue weighted by atomic mass is 16.3. The quantitative estimate of drug-likeness (QED) is 0.761. The van der Waals surface area contributed by atoms with Crippen molar-refractivity contribution in [3.05, 3.63) is 65.5 Å². The number of aliphatic hydroxyl groups is 1. The van der Waals surface area contributed by atoms with Crippen LogP contribution in [0.5, 0.6) is 0 Å². The summed E-state index contributed by atoms with van der Waals surface area (Å²) in [5, 5.41) is 17.1. The molecule has 1 heterocycles. The molecule has 2 aromatic carbocycles. The summed E-state index contributed by atoms with van der Waals surface area (Å²) in [7, 11) is 1.86. The van der Waals surface area contributed by atoms with Crippen LogP contribution in [0.4, 0.5) is 0 Å². The van der Waals surface area contributed by atoms with Crippen LogP contribution in [-0.2, 0) is 7.05 Å². The van der Waals surface area contributed by atoms with Gasteiger partial charge in [-0.25, -0.2) is 0 Å². The summed E-state index contributed by atoms with van der Waals surface area (Å²) in [5.41, 5.74) is 2.65. The molecule has 96 valence electrons. The third kappa shape index (κ3) is 2.02. The average molecular weight is 252 g/mol. The van der Waals surface area contributed by atoms with E-state index in [2.05, 4.69) is 17.2 Å². The number of aromatic nitrogens is 2. The summed E-state index contributed by atoms with van der Waals surface area (Å²) in [4.78, 5) is 0. The fourth-order valence-corrected chi connectivity index (χ4v) is 2.53. The molecule has 3 aromatic rings. The molecule has 1 atom stereocenters. The zero-order valence-corrected chi connectivity index (χ0v) is 11.0. The smallest absolute Gasteiger partial charge is 0.121 e. The van der Waals surface area contributed by atoms with Gasteiger partial charge in [-0.3, -0.25) is 4.68 Å². The van der Waals surface area contributed by atoms with Gasteiger partial charge in [0.15, 0.2) is 0 Å². The van der Waals surface area contributed by atoms with Gasteiger partial charge in [-0.05, 0) is 29.3 Å². The van der Waals surface area contributed by atoms with E-state index in [0.717, 1.165) is 27.7 Å². The molecule has 3 nitrogen and oxygen atoms in total. The predicted molar refractivity (Wildman–Crippen MR) is 76.0 cm³/mol. The molecule has 1 unspecified atom stereocenters. The number of benzene rings is 2. The molecule has 0 saturated heterocycles. The first kappa shape index (κ1) is 11.9. The van der Waals surface area contributed by atoms with E-state index < -0.39 is 6.10 Å². The number of nitrogens with zero attached hydrogens (tertiary/aromatic N) is 2. The maximum absolute atomic E-state index is 10.6. The van der Waals surface area contributed by atoms with Crippen molar-refractivity contribution in [2.45, 2.75) is 13.0 Å². The summed E-state index contributed by atoms with van der Waals surface area (Å²) < 4.78 is 1.74. The molecule has 0 saturated carbocycles. The van der Waals surface area contributed by atoms with Crippen LogP contribution < -0.4 is 0 Å². The summed E-state index contributed by atoms with van der Waals surface area (Å²) in [6.45, 7) is 1.93. The highest BCUT2D eigenvalue weighted by molar-refractivity contribution is 5.86. The minimum atomic E-state index is -0.655. The van der Waals surface area contributed by atoms with Crippen LogP contribution in [0, 0.1) is 6.92 Å². The van der Waals surface area contributed by atoms with Crippen molar-refractivity contribution >= 4 is 10.8 Å². The Hall–Kier alpha value is -2.13. The van der Waals surface area contributed by atoms with Gasteiger partial charge in [-0.15, -0.1) is 0 Å². The molecule has 0 bridgehead atoms. The molecule has 0 aliphatic carbocycles. The second-order valence-corrected chi connectivity index (χ2v) is 4.81. The SMILES string of the molecule is Cc1cc(C(O)c2cccc3ccccc23)n(C)n1. The highest BCUT2D eigenvalue weighted by Gasteiger charge is 2.17. The van der Waals surface area contributed by atoms with E-state index in [4.69, 9.17) is 0 Å². The van der Waals surface area contributed by atoms with E-state index in [-0.39, 0.29) is 0 Å². The average Bonchev–Trinajstić information content (AvgIpc) is 2.76. The Morgan fingerprint density at radius 3 is 2.58 bits per heavy atom. The van der Waals surface area contributed by atoms with Crippen molar-refractivity contribution in [2.24, 2.45) is 7.05 Å². The van der Waals surface area contributed by atoms with Crippen molar-refractivity contribution in [2.75, 3.05) is 0 Å². The Kier molecular flexibility index (Phi) is 2.84. The zero-order chi connectivity index (χ0) is 13.4. The molecular formula is C16H16N2O. The highest BCUT2D eigenvalue weighted by Crippen LogP contribution is 2.28. The van der Waals surface area contributed by atoms with Crippen molar-refractivity contribution in [3.63, 3.8) is 0 Å². The lowest BCUT2D eigenvalue weighted by molar-refractivity contribution is 0.211. The predicted octanol–water partition coefficient (Wildman–Crippen LogP) is 2.96. The Morgan fingerprint density at radius 2 is 1.84 bits per heavy atom. The number of fused-ring (bicyclic) bond motifs is 1. The molecule has 1 N–H and O–H groups in total. The molecule has 0 fully saturated rings. The Labute approximate surface area is 112 Å². The zero-order valence-electron chi connectivity index (χ0n) is 11.0. The van der Waals surface area contributed by atoms with Gasteiger partial charge in [0.25, 0.3) is 0 Å². The normalized spacial score (nSPS) is 12.8. The molecule has 0 radical (unpaired) electrons. The maximum Gasteiger partial charge on any atom is 0.121 e. The van der Waals surface area contributed by atoms with E-state index in [1.165, 1.54) is 0 Å². The summed E-state index contributed by atoms with van der Waals surface area (Å²) in [6, 6.07) is 16.0. The molecule has 3 heteroatoms. The lowest BCUT2D eigenvalue weighted by Crippen LogP contribution is -2.07. The standard InChI is InChI=1S/C16H16N2O/c1-11-10-15(18(2)17-11)16(19)14-9-5-7-12-6-3-4-8-13(12)14/h3-10,16,19H,1-2H3. The lowest BCUT2D eigenvalue weighted by Gasteiger charge is -2.14. The van der Waals surface area contributed by atoms with Crippen molar-refractivity contribution in [3.8, 4) is 0 Å². The fraction of sp³-hybridized carbons (Fsp3) is 0.188. The Balaban J connectivity index is 2.16. The van der Waals surface area contributed by atoms with Crippen LogP contribution in [0.1, 0.15) is 23.1 Å². The van der Waals surface area contributed by atoms with Gasteiger partial charge in [0.05, 0.1) is 11.4 Å². The third-order valence-electron chi connectivity index (χ3n) is 3.44. The van der Waals surface area contributed by atoms with E-state index in [1.54, 1.807) is 4.68 Å². The van der Waals surface area contributed by atoms with E-state index in [1.807, 2.05) is 50.4 Å². The van der Waals surface area contributed by atoms with Gasteiger partial charge in [0.1, 0.15) is 6.10 Å². The molecule has 0 aliphatic heterocycles. The Bertz CT molecular complexity index is 725. The number of aliphatic hydroxyl groups excluding tert-OH is 1. The van der Waals surface area contributed by atoms with Gasteiger partial charge in [0, 0.05) is 7.05 Å². The van der Waals surface area contributed by atoms with Crippen LogP contribution in [0.3, 0.4) is 0 Å². The molecular weight excluding hydrogens is 236 g/mol. The number of rotatable bonds is 2. The van der Waals surface area contributed by atoms with Gasteiger partial charge < -0.3 is 5.11 Å². The van der Waals surface area contributed by atoms with Crippen LogP contribution in [0.15, 0.2) is 48.5 Å². The molecule has 3 rings (SSSR count). The molecule has 0 aliphatic rings. The van der Waals surface area contributed by atoms with E-state index >= 15 is 0 Å². The van der Waals surface area contributed by atoms with Gasteiger partial charge in [-0.2, -0.15) is 5.10 Å². The van der Waals surface area contributed by atoms with Gasteiger partial charge in [-0.1, -0.05) is 42.5 Å². The molecule has 0 amide bonds. The first-order chi connectivity index (χ1) is 9.16. The molecule has 19 heavy (non-hydrogen) atoms. The van der Waals surface area contributed by atoms with Gasteiger partial charge >= 0.3 is 0 Å². The number of hydrogen-bond acceptors (Lipinski definition) is 2. The third-order valence-corrected chi connectivity index (χ3v) is 3.44. The topological polar surface area (TPSA) is 38.0 Å². The monoisotopic (exact) mass is 252 g/mol. The van der Waals surface area contributed by atoms with Gasteiger partial charge in [0.2, 0.25) is 0 Å². The van der Waals surface area contributed by atoms with Crippen molar-refractivity contribution < 1.29 is 5.11 Å². The largest absolute Gasteiger partial charge is 0.382 e. The van der Waals surface area contributed by atoms with Crippen molar-refractivity contribution in [1.82, 2.24) is 9.78 Å².